The summed E-state index contributed by atoms with van der Waals surface area (Å²) in [6.45, 7) is 0.766. The summed E-state index contributed by atoms with van der Waals surface area (Å²) in [6.07, 6.45) is 8.75. The maximum Gasteiger partial charge on any atom is 0.0815 e. The van der Waals surface area contributed by atoms with Crippen LogP contribution in [0.1, 0.15) is 43.8 Å². The molecule has 1 N–H and O–H groups in total. The average molecular weight is 334 g/mol. The number of hydrogen-bond donors (Lipinski definition) is 1. The van der Waals surface area contributed by atoms with Gasteiger partial charge in [-0.1, -0.05) is 31.4 Å². The lowest BCUT2D eigenvalue weighted by Gasteiger charge is -2.21. The Morgan fingerprint density at radius 3 is 2.75 bits per heavy atom. The van der Waals surface area contributed by atoms with Gasteiger partial charge in [0.05, 0.1) is 18.3 Å². The molecule has 2 aromatic rings. The molecule has 1 aliphatic carbocycles. The van der Waals surface area contributed by atoms with Gasteiger partial charge >= 0.3 is 0 Å². The zero-order valence-electron chi connectivity index (χ0n) is 11.6. The molecule has 0 spiro atoms. The quantitative estimate of drug-likeness (QED) is 0.873. The van der Waals surface area contributed by atoms with Crippen LogP contribution < -0.4 is 5.32 Å². The first-order valence-corrected chi connectivity index (χ1v) is 8.14. The van der Waals surface area contributed by atoms with Crippen molar-refractivity contribution in [3.8, 4) is 0 Å². The summed E-state index contributed by atoms with van der Waals surface area (Å²) in [5, 5.41) is 8.14. The molecule has 0 unspecified atom stereocenters. The second-order valence-corrected chi connectivity index (χ2v) is 6.27. The maximum absolute atomic E-state index is 4.72. The number of halogens is 1. The zero-order valence-corrected chi connectivity index (χ0v) is 13.1. The number of benzene rings is 1. The van der Waals surface area contributed by atoms with Gasteiger partial charge in [0, 0.05) is 16.4 Å². The van der Waals surface area contributed by atoms with E-state index in [1.807, 2.05) is 18.2 Å². The number of nitrogens with zero attached hydrogens (tertiary/aromatic N) is 2. The highest BCUT2D eigenvalue weighted by Crippen LogP contribution is 2.27. The Hall–Kier alpha value is -1.29. The fourth-order valence-electron chi connectivity index (χ4n) is 2.81. The van der Waals surface area contributed by atoms with Crippen LogP contribution in [0, 0.1) is 0 Å². The van der Waals surface area contributed by atoms with Gasteiger partial charge in [0.25, 0.3) is 0 Å². The Balaban J connectivity index is 1.61. The van der Waals surface area contributed by atoms with Gasteiger partial charge in [-0.3, -0.25) is 4.68 Å². The van der Waals surface area contributed by atoms with Crippen LogP contribution in [0.15, 0.2) is 41.0 Å². The van der Waals surface area contributed by atoms with Gasteiger partial charge in [-0.2, -0.15) is 5.10 Å². The summed E-state index contributed by atoms with van der Waals surface area (Å²) in [4.78, 5) is 0. The molecule has 0 radical (unpaired) electrons. The molecule has 0 saturated heterocycles. The minimum absolute atomic E-state index is 0.612. The predicted molar refractivity (Wildman–Crippen MR) is 85.8 cm³/mol. The van der Waals surface area contributed by atoms with Crippen LogP contribution in [0.3, 0.4) is 0 Å². The average Bonchev–Trinajstić information content (AvgIpc) is 2.96. The molecule has 20 heavy (non-hydrogen) atoms. The third kappa shape index (κ3) is 3.23. The predicted octanol–water partition coefficient (Wildman–Crippen LogP) is 4.76. The van der Waals surface area contributed by atoms with Gasteiger partial charge in [0.15, 0.2) is 0 Å². The van der Waals surface area contributed by atoms with Crippen LogP contribution in [0.25, 0.3) is 0 Å². The van der Waals surface area contributed by atoms with Gasteiger partial charge in [-0.05, 0) is 47.0 Å². The number of aromatic nitrogens is 2. The van der Waals surface area contributed by atoms with Crippen LogP contribution in [-0.4, -0.2) is 9.78 Å². The van der Waals surface area contributed by atoms with Crippen LogP contribution in [0.5, 0.6) is 0 Å². The van der Waals surface area contributed by atoms with E-state index in [0.29, 0.717) is 6.04 Å². The highest BCUT2D eigenvalue weighted by atomic mass is 79.9. The topological polar surface area (TPSA) is 29.9 Å². The number of anilines is 1. The standard InChI is InChI=1S/C16H20BrN3/c17-15-8-4-5-9-16(15)18-12-13-10-11-20(19-13)14-6-2-1-3-7-14/h4-5,8-11,14,18H,1-3,6-7,12H2. The molecule has 3 rings (SSSR count). The zero-order chi connectivity index (χ0) is 13.8. The lowest BCUT2D eigenvalue weighted by Crippen LogP contribution is -2.13. The number of para-hydroxylation sites is 1. The maximum atomic E-state index is 4.72. The minimum atomic E-state index is 0.612. The van der Waals surface area contributed by atoms with E-state index < -0.39 is 0 Å². The lowest BCUT2D eigenvalue weighted by atomic mass is 9.96. The van der Waals surface area contributed by atoms with E-state index in [-0.39, 0.29) is 0 Å². The molecular weight excluding hydrogens is 314 g/mol. The summed E-state index contributed by atoms with van der Waals surface area (Å²) in [6, 6.07) is 10.9. The van der Waals surface area contributed by atoms with Crippen molar-refractivity contribution in [2.75, 3.05) is 5.32 Å². The van der Waals surface area contributed by atoms with Crippen molar-refractivity contribution in [1.29, 1.82) is 0 Å². The van der Waals surface area contributed by atoms with Gasteiger partial charge in [-0.25, -0.2) is 0 Å². The van der Waals surface area contributed by atoms with E-state index >= 15 is 0 Å². The highest BCUT2D eigenvalue weighted by Gasteiger charge is 2.15. The highest BCUT2D eigenvalue weighted by molar-refractivity contribution is 9.10. The second-order valence-electron chi connectivity index (χ2n) is 5.41. The fraction of sp³-hybridized carbons (Fsp3) is 0.438. The first kappa shape index (κ1) is 13.7. The van der Waals surface area contributed by atoms with E-state index in [0.717, 1.165) is 22.4 Å². The van der Waals surface area contributed by atoms with Crippen molar-refractivity contribution < 1.29 is 0 Å². The van der Waals surface area contributed by atoms with E-state index in [9.17, 15) is 0 Å². The Morgan fingerprint density at radius 1 is 1.15 bits per heavy atom. The number of hydrogen-bond acceptors (Lipinski definition) is 2. The molecule has 4 heteroatoms. The lowest BCUT2D eigenvalue weighted by molar-refractivity contribution is 0.328. The van der Waals surface area contributed by atoms with Crippen molar-refractivity contribution in [2.24, 2.45) is 0 Å². The van der Waals surface area contributed by atoms with Gasteiger partial charge in [0.2, 0.25) is 0 Å². The smallest absolute Gasteiger partial charge is 0.0815 e. The molecular formula is C16H20BrN3. The summed E-state index contributed by atoms with van der Waals surface area (Å²) in [5.41, 5.74) is 2.21. The van der Waals surface area contributed by atoms with Crippen molar-refractivity contribution in [3.63, 3.8) is 0 Å². The summed E-state index contributed by atoms with van der Waals surface area (Å²) in [7, 11) is 0. The molecule has 1 fully saturated rings. The van der Waals surface area contributed by atoms with E-state index in [1.54, 1.807) is 0 Å². The first-order valence-electron chi connectivity index (χ1n) is 7.35. The van der Waals surface area contributed by atoms with Crippen LogP contribution in [-0.2, 0) is 6.54 Å². The monoisotopic (exact) mass is 333 g/mol. The van der Waals surface area contributed by atoms with Crippen molar-refractivity contribution >= 4 is 21.6 Å². The van der Waals surface area contributed by atoms with Crippen molar-refractivity contribution in [1.82, 2.24) is 9.78 Å². The van der Waals surface area contributed by atoms with Gasteiger partial charge in [0.1, 0.15) is 0 Å². The summed E-state index contributed by atoms with van der Waals surface area (Å²) < 4.78 is 3.25. The van der Waals surface area contributed by atoms with E-state index in [4.69, 9.17) is 5.10 Å². The largest absolute Gasteiger partial charge is 0.378 e. The first-order chi connectivity index (χ1) is 9.83. The number of nitrogens with one attached hydrogen (secondary N) is 1. The van der Waals surface area contributed by atoms with Gasteiger partial charge in [-0.15, -0.1) is 0 Å². The van der Waals surface area contributed by atoms with E-state index in [1.165, 1.54) is 32.1 Å². The second kappa shape index (κ2) is 6.44. The molecule has 0 bridgehead atoms. The van der Waals surface area contributed by atoms with Crippen molar-refractivity contribution in [2.45, 2.75) is 44.7 Å². The third-order valence-corrected chi connectivity index (χ3v) is 4.64. The Kier molecular flexibility index (Phi) is 4.41. The number of rotatable bonds is 4. The molecule has 0 aliphatic heterocycles. The van der Waals surface area contributed by atoms with Gasteiger partial charge < -0.3 is 5.32 Å². The molecule has 1 aromatic heterocycles. The molecule has 1 saturated carbocycles. The molecule has 1 heterocycles. The Morgan fingerprint density at radius 2 is 1.95 bits per heavy atom. The summed E-state index contributed by atoms with van der Waals surface area (Å²) >= 11 is 3.55. The SMILES string of the molecule is Brc1ccccc1NCc1ccn(C2CCCCC2)n1. The Labute approximate surface area is 128 Å². The van der Waals surface area contributed by atoms with Crippen LogP contribution in [0.2, 0.25) is 0 Å². The van der Waals surface area contributed by atoms with Crippen LogP contribution in [0.4, 0.5) is 5.69 Å². The Bertz CT molecular complexity index is 558. The normalized spacial score (nSPS) is 16.2. The van der Waals surface area contributed by atoms with E-state index in [2.05, 4.69) is 44.3 Å². The molecule has 0 amide bonds. The molecule has 3 nitrogen and oxygen atoms in total. The third-order valence-electron chi connectivity index (χ3n) is 3.95. The minimum Gasteiger partial charge on any atom is -0.378 e. The fourth-order valence-corrected chi connectivity index (χ4v) is 3.24. The molecule has 1 aromatic carbocycles. The van der Waals surface area contributed by atoms with Crippen LogP contribution >= 0.6 is 15.9 Å². The summed E-state index contributed by atoms with van der Waals surface area (Å²) in [5.74, 6) is 0. The molecule has 106 valence electrons. The molecule has 1 aliphatic rings. The van der Waals surface area contributed by atoms with Crippen molar-refractivity contribution in [3.05, 3.63) is 46.7 Å². The molecule has 0 atom stereocenters.